The van der Waals surface area contributed by atoms with Gasteiger partial charge in [0, 0.05) is 31.9 Å². The number of carbonyl (C=O) groups excluding carboxylic acids is 1. The van der Waals surface area contributed by atoms with Gasteiger partial charge in [-0.3, -0.25) is 5.32 Å². The van der Waals surface area contributed by atoms with Crippen molar-refractivity contribution in [3.8, 4) is 6.19 Å². The second kappa shape index (κ2) is 9.11. The SMILES string of the molecule is CSC(=Nc1cc(N2CCN(C)CC2)ccc1C(=O)OC(C)(C)C)NC#N. The summed E-state index contributed by atoms with van der Waals surface area (Å²) in [6.07, 6.45) is 3.70. The summed E-state index contributed by atoms with van der Waals surface area (Å²) in [5, 5.41) is 11.9. The molecule has 0 spiro atoms. The quantitative estimate of drug-likeness (QED) is 0.280. The first-order valence-corrected chi connectivity index (χ1v) is 10.0. The zero-order chi connectivity index (χ0) is 20.0. The number of hydrogen-bond donors (Lipinski definition) is 1. The van der Waals surface area contributed by atoms with E-state index in [1.165, 1.54) is 11.8 Å². The minimum absolute atomic E-state index is 0.383. The van der Waals surface area contributed by atoms with Crippen LogP contribution >= 0.6 is 11.8 Å². The zero-order valence-electron chi connectivity index (χ0n) is 16.6. The Hall–Kier alpha value is -2.24. The third-order valence-electron chi connectivity index (χ3n) is 4.05. The van der Waals surface area contributed by atoms with Crippen molar-refractivity contribution in [1.29, 1.82) is 5.26 Å². The van der Waals surface area contributed by atoms with Crippen LogP contribution in [0, 0.1) is 11.5 Å². The van der Waals surface area contributed by atoms with Crippen LogP contribution in [0.5, 0.6) is 0 Å². The second-order valence-corrected chi connectivity index (χ2v) is 8.15. The minimum Gasteiger partial charge on any atom is -0.456 e. The highest BCUT2D eigenvalue weighted by Crippen LogP contribution is 2.29. The molecular formula is C19H27N5O2S. The lowest BCUT2D eigenvalue weighted by atomic mass is 10.1. The van der Waals surface area contributed by atoms with E-state index in [9.17, 15) is 4.79 Å². The highest BCUT2D eigenvalue weighted by Gasteiger charge is 2.22. The number of anilines is 1. The van der Waals surface area contributed by atoms with Crippen molar-refractivity contribution in [3.05, 3.63) is 23.8 Å². The van der Waals surface area contributed by atoms with Crippen LogP contribution in [0.1, 0.15) is 31.1 Å². The maximum absolute atomic E-state index is 12.6. The summed E-state index contributed by atoms with van der Waals surface area (Å²) in [7, 11) is 2.11. The Morgan fingerprint density at radius 2 is 1.96 bits per heavy atom. The van der Waals surface area contributed by atoms with Crippen molar-refractivity contribution in [2.45, 2.75) is 26.4 Å². The van der Waals surface area contributed by atoms with Gasteiger partial charge in [-0.1, -0.05) is 11.8 Å². The number of hydrogen-bond acceptors (Lipinski definition) is 7. The number of rotatable bonds is 3. The summed E-state index contributed by atoms with van der Waals surface area (Å²) in [5.41, 5.74) is 1.29. The average molecular weight is 390 g/mol. The van der Waals surface area contributed by atoms with Gasteiger partial charge in [0.15, 0.2) is 11.4 Å². The first-order chi connectivity index (χ1) is 12.7. The maximum Gasteiger partial charge on any atom is 0.340 e. The van der Waals surface area contributed by atoms with E-state index in [0.717, 1.165) is 31.9 Å². The van der Waals surface area contributed by atoms with E-state index < -0.39 is 11.6 Å². The van der Waals surface area contributed by atoms with Crippen LogP contribution in [0.3, 0.4) is 0 Å². The first kappa shape index (κ1) is 21.1. The smallest absolute Gasteiger partial charge is 0.340 e. The Balaban J connectivity index is 2.41. The molecular weight excluding hydrogens is 362 g/mol. The molecule has 0 aliphatic carbocycles. The van der Waals surface area contributed by atoms with Crippen molar-refractivity contribution < 1.29 is 9.53 Å². The molecule has 0 atom stereocenters. The van der Waals surface area contributed by atoms with E-state index in [1.807, 2.05) is 45.4 Å². The van der Waals surface area contributed by atoms with Gasteiger partial charge in [0.25, 0.3) is 0 Å². The summed E-state index contributed by atoms with van der Waals surface area (Å²) in [4.78, 5) is 21.7. The highest BCUT2D eigenvalue weighted by molar-refractivity contribution is 8.13. The Morgan fingerprint density at radius 1 is 1.30 bits per heavy atom. The van der Waals surface area contributed by atoms with E-state index in [4.69, 9.17) is 10.00 Å². The van der Waals surface area contributed by atoms with Gasteiger partial charge in [0.1, 0.15) is 5.60 Å². The molecule has 146 valence electrons. The highest BCUT2D eigenvalue weighted by atomic mass is 32.2. The van der Waals surface area contributed by atoms with Gasteiger partial charge in [-0.2, -0.15) is 5.26 Å². The molecule has 1 N–H and O–H groups in total. The number of aliphatic imine (C=N–C) groups is 1. The van der Waals surface area contributed by atoms with E-state index in [-0.39, 0.29) is 0 Å². The molecule has 1 aliphatic rings. The van der Waals surface area contributed by atoms with Crippen LogP contribution in [0.25, 0.3) is 0 Å². The number of carbonyl (C=O) groups is 1. The summed E-state index contributed by atoms with van der Waals surface area (Å²) in [5.74, 6) is -0.427. The number of nitriles is 1. The second-order valence-electron chi connectivity index (χ2n) is 7.35. The number of nitrogens with one attached hydrogen (secondary N) is 1. The van der Waals surface area contributed by atoms with E-state index in [1.54, 1.807) is 6.07 Å². The minimum atomic E-state index is -0.596. The standard InChI is InChI=1S/C19H27N5O2S/c1-19(2,3)26-17(25)15-7-6-14(24-10-8-23(4)9-11-24)12-16(15)22-18(27-5)21-13-20/h6-7,12H,8-11H2,1-5H3,(H,21,22). The molecule has 0 saturated carbocycles. The number of ether oxygens (including phenoxy) is 1. The van der Waals surface area contributed by atoms with Crippen LogP contribution in [0.15, 0.2) is 23.2 Å². The van der Waals surface area contributed by atoms with Crippen molar-refractivity contribution in [2.75, 3.05) is 44.4 Å². The Morgan fingerprint density at radius 3 is 2.52 bits per heavy atom. The number of thioether (sulfide) groups is 1. The number of likely N-dealkylation sites (N-methyl/N-ethyl adjacent to an activating group) is 1. The largest absolute Gasteiger partial charge is 0.456 e. The molecule has 0 aromatic heterocycles. The molecule has 0 radical (unpaired) electrons. The number of amidine groups is 1. The van der Waals surface area contributed by atoms with E-state index in [2.05, 4.69) is 27.2 Å². The van der Waals surface area contributed by atoms with Crippen LogP contribution in [0.2, 0.25) is 0 Å². The molecule has 0 bridgehead atoms. The lowest BCUT2D eigenvalue weighted by Crippen LogP contribution is -2.44. The van der Waals surface area contributed by atoms with Gasteiger partial charge in [-0.25, -0.2) is 9.79 Å². The normalized spacial score (nSPS) is 16.0. The Bertz CT molecular complexity index is 743. The molecule has 27 heavy (non-hydrogen) atoms. The molecule has 1 aromatic carbocycles. The van der Waals surface area contributed by atoms with Crippen LogP contribution < -0.4 is 10.2 Å². The average Bonchev–Trinajstić information content (AvgIpc) is 2.60. The molecule has 8 heteroatoms. The molecule has 7 nitrogen and oxygen atoms in total. The number of benzene rings is 1. The van der Waals surface area contributed by atoms with Gasteiger partial charge in [0.2, 0.25) is 0 Å². The zero-order valence-corrected chi connectivity index (χ0v) is 17.4. The van der Waals surface area contributed by atoms with Gasteiger partial charge >= 0.3 is 5.97 Å². The lowest BCUT2D eigenvalue weighted by Gasteiger charge is -2.34. The number of esters is 1. The summed E-state index contributed by atoms with van der Waals surface area (Å²) in [6.45, 7) is 9.29. The maximum atomic E-state index is 12.6. The van der Waals surface area contributed by atoms with E-state index in [0.29, 0.717) is 16.4 Å². The molecule has 1 aromatic rings. The van der Waals surface area contributed by atoms with Gasteiger partial charge < -0.3 is 14.5 Å². The lowest BCUT2D eigenvalue weighted by molar-refractivity contribution is 0.00706. The molecule has 0 unspecified atom stereocenters. The van der Waals surface area contributed by atoms with Crippen molar-refractivity contribution >= 4 is 34.3 Å². The first-order valence-electron chi connectivity index (χ1n) is 8.82. The Labute approximate surface area is 165 Å². The topological polar surface area (TPSA) is 81.0 Å². The van der Waals surface area contributed by atoms with Crippen LogP contribution in [-0.2, 0) is 4.74 Å². The Kier molecular flexibility index (Phi) is 7.11. The molecule has 0 amide bonds. The predicted octanol–water partition coefficient (Wildman–Crippen LogP) is 2.81. The molecule has 1 fully saturated rings. The van der Waals surface area contributed by atoms with Gasteiger partial charge in [-0.05, 0) is 52.3 Å². The predicted molar refractivity (Wildman–Crippen MR) is 111 cm³/mol. The van der Waals surface area contributed by atoms with Crippen LogP contribution in [-0.4, -0.2) is 61.1 Å². The third-order valence-corrected chi connectivity index (χ3v) is 4.63. The summed E-state index contributed by atoms with van der Waals surface area (Å²) in [6, 6.07) is 5.57. The third kappa shape index (κ3) is 6.15. The fourth-order valence-corrected chi connectivity index (χ4v) is 3.00. The summed E-state index contributed by atoms with van der Waals surface area (Å²) < 4.78 is 5.52. The number of nitrogens with zero attached hydrogens (tertiary/aromatic N) is 4. The van der Waals surface area contributed by atoms with Crippen molar-refractivity contribution in [1.82, 2.24) is 10.2 Å². The van der Waals surface area contributed by atoms with Crippen LogP contribution in [0.4, 0.5) is 11.4 Å². The molecule has 1 heterocycles. The number of piperazine rings is 1. The fraction of sp³-hybridized carbons (Fsp3) is 0.526. The molecule has 2 rings (SSSR count). The van der Waals surface area contributed by atoms with E-state index >= 15 is 0 Å². The monoisotopic (exact) mass is 389 g/mol. The van der Waals surface area contributed by atoms with Crippen molar-refractivity contribution in [2.24, 2.45) is 4.99 Å². The van der Waals surface area contributed by atoms with Gasteiger partial charge in [-0.15, -0.1) is 0 Å². The summed E-state index contributed by atoms with van der Waals surface area (Å²) >= 11 is 1.31. The van der Waals surface area contributed by atoms with Crippen molar-refractivity contribution in [3.63, 3.8) is 0 Å². The molecule has 1 aliphatic heterocycles. The fourth-order valence-electron chi connectivity index (χ4n) is 2.66. The van der Waals surface area contributed by atoms with Gasteiger partial charge in [0.05, 0.1) is 11.3 Å². The molecule has 1 saturated heterocycles.